The van der Waals surface area contributed by atoms with Crippen LogP contribution in [0.3, 0.4) is 0 Å². The standard InChI is InChI=1S/C32H34N2O5/c1-5-16-34-17-15-31-28-23-10-11-25(36)29(28)38-30(31)24(13-14-32(31,26(34)19-23)39-21(3)35)33(4)27(37)12-9-22-8-6-7-20(2)18-22/h5-8,10-11,18,24,26,30,36H,1,13-17,19H2,2-4H3/t24-,26-,30+,31+,32-/m1/s1. The average Bonchev–Trinajstić information content (AvgIpc) is 3.25. The molecule has 7 heteroatoms. The molecule has 1 spiro atoms. The number of esters is 1. The van der Waals surface area contributed by atoms with Crippen molar-refractivity contribution in [3.63, 3.8) is 0 Å². The number of ether oxygens (including phenoxy) is 2. The van der Waals surface area contributed by atoms with Crippen LogP contribution in [0.5, 0.6) is 11.5 Å². The fourth-order valence-electron chi connectivity index (χ4n) is 7.91. The quantitative estimate of drug-likeness (QED) is 0.373. The van der Waals surface area contributed by atoms with Gasteiger partial charge in [-0.05, 0) is 61.9 Å². The Morgan fingerprint density at radius 3 is 2.87 bits per heavy atom. The number of phenols is 1. The number of amides is 1. The zero-order chi connectivity index (χ0) is 27.5. The number of aryl methyl sites for hydroxylation is 1. The first-order valence-electron chi connectivity index (χ1n) is 13.6. The predicted molar refractivity (Wildman–Crippen MR) is 146 cm³/mol. The lowest BCUT2D eigenvalue weighted by Crippen LogP contribution is -2.79. The Kier molecular flexibility index (Phi) is 6.00. The van der Waals surface area contributed by atoms with Gasteiger partial charge in [0.05, 0.1) is 17.5 Å². The molecule has 2 aromatic carbocycles. The maximum atomic E-state index is 13.4. The zero-order valence-corrected chi connectivity index (χ0v) is 22.7. The summed E-state index contributed by atoms with van der Waals surface area (Å²) < 4.78 is 13.1. The highest BCUT2D eigenvalue weighted by atomic mass is 16.6. The van der Waals surface area contributed by atoms with Gasteiger partial charge in [0.25, 0.3) is 5.91 Å². The number of likely N-dealkylation sites (tertiary alicyclic amines) is 1. The minimum Gasteiger partial charge on any atom is -0.504 e. The highest BCUT2D eigenvalue weighted by molar-refractivity contribution is 5.94. The molecule has 39 heavy (non-hydrogen) atoms. The Morgan fingerprint density at radius 1 is 1.31 bits per heavy atom. The number of aromatic hydroxyl groups is 1. The van der Waals surface area contributed by atoms with Crippen LogP contribution in [0.1, 0.15) is 48.4 Å². The number of hydrogen-bond donors (Lipinski definition) is 1. The molecule has 0 aromatic heterocycles. The van der Waals surface area contributed by atoms with E-state index in [2.05, 4.69) is 23.3 Å². The summed E-state index contributed by atoms with van der Waals surface area (Å²) in [6.07, 6.45) is 3.92. The minimum atomic E-state index is -0.843. The van der Waals surface area contributed by atoms with Crippen molar-refractivity contribution >= 4 is 11.9 Å². The maximum Gasteiger partial charge on any atom is 0.303 e. The molecule has 6 rings (SSSR count). The van der Waals surface area contributed by atoms with E-state index >= 15 is 0 Å². The van der Waals surface area contributed by atoms with Gasteiger partial charge in [-0.3, -0.25) is 14.5 Å². The van der Waals surface area contributed by atoms with Crippen LogP contribution < -0.4 is 4.74 Å². The van der Waals surface area contributed by atoms with Crippen LogP contribution in [0.25, 0.3) is 0 Å². The zero-order valence-electron chi connectivity index (χ0n) is 22.7. The fraction of sp³-hybridized carbons (Fsp3) is 0.438. The Hall–Kier alpha value is -3.76. The van der Waals surface area contributed by atoms with Crippen LogP contribution in [0.2, 0.25) is 0 Å². The molecule has 5 atom stereocenters. The van der Waals surface area contributed by atoms with Crippen molar-refractivity contribution < 1.29 is 24.2 Å². The van der Waals surface area contributed by atoms with E-state index in [1.165, 1.54) is 6.92 Å². The average molecular weight is 527 g/mol. The van der Waals surface area contributed by atoms with Crippen LogP contribution in [-0.4, -0.2) is 70.7 Å². The number of benzene rings is 2. The molecule has 2 bridgehead atoms. The van der Waals surface area contributed by atoms with Crippen LogP contribution in [-0.2, 0) is 26.2 Å². The van der Waals surface area contributed by atoms with Crippen molar-refractivity contribution in [3.05, 3.63) is 71.3 Å². The molecule has 1 saturated carbocycles. The molecular formula is C32H34N2O5. The molecule has 202 valence electrons. The number of carbonyl (C=O) groups is 2. The van der Waals surface area contributed by atoms with E-state index in [-0.39, 0.29) is 29.7 Å². The molecule has 7 nitrogen and oxygen atoms in total. The molecule has 2 fully saturated rings. The SMILES string of the molecule is C=CCN1CC[C@]23c4c5ccc(O)c4O[C@H]2[C@H](N(C)C(=O)C#Cc2cccc(C)c2)CC[C@@]3(OC(C)=O)[C@H]1C5. The van der Waals surface area contributed by atoms with Gasteiger partial charge in [0.15, 0.2) is 11.5 Å². The van der Waals surface area contributed by atoms with E-state index in [4.69, 9.17) is 9.47 Å². The summed E-state index contributed by atoms with van der Waals surface area (Å²) in [5.41, 5.74) is 2.38. The number of nitrogens with zero attached hydrogens (tertiary/aromatic N) is 2. The van der Waals surface area contributed by atoms with E-state index in [0.717, 1.165) is 28.8 Å². The van der Waals surface area contributed by atoms with Gasteiger partial charge < -0.3 is 19.5 Å². The number of phenolic OH excluding ortho intramolecular Hbond substituents is 1. The van der Waals surface area contributed by atoms with Crippen molar-refractivity contribution in [1.82, 2.24) is 9.80 Å². The predicted octanol–water partition coefficient (Wildman–Crippen LogP) is 3.49. The summed E-state index contributed by atoms with van der Waals surface area (Å²) in [5.74, 6) is 5.74. The van der Waals surface area contributed by atoms with Crippen LogP contribution >= 0.6 is 0 Å². The largest absolute Gasteiger partial charge is 0.504 e. The molecule has 1 saturated heterocycles. The Morgan fingerprint density at radius 2 is 2.13 bits per heavy atom. The second-order valence-electron chi connectivity index (χ2n) is 11.3. The lowest BCUT2D eigenvalue weighted by molar-refractivity contribution is -0.222. The highest BCUT2D eigenvalue weighted by Gasteiger charge is 2.75. The smallest absolute Gasteiger partial charge is 0.303 e. The van der Waals surface area contributed by atoms with Gasteiger partial charge in [-0.2, -0.15) is 0 Å². The van der Waals surface area contributed by atoms with Gasteiger partial charge in [0, 0.05) is 44.1 Å². The lowest BCUT2D eigenvalue weighted by atomic mass is 9.48. The van der Waals surface area contributed by atoms with Crippen molar-refractivity contribution in [2.24, 2.45) is 0 Å². The third kappa shape index (κ3) is 3.61. The van der Waals surface area contributed by atoms with Gasteiger partial charge in [-0.15, -0.1) is 6.58 Å². The van der Waals surface area contributed by atoms with Crippen LogP contribution in [0.4, 0.5) is 0 Å². The lowest BCUT2D eigenvalue weighted by Gasteiger charge is -2.65. The van der Waals surface area contributed by atoms with Gasteiger partial charge in [0.1, 0.15) is 11.7 Å². The summed E-state index contributed by atoms with van der Waals surface area (Å²) in [6.45, 7) is 8.87. The Balaban J connectivity index is 1.44. The molecular weight excluding hydrogens is 492 g/mol. The summed E-state index contributed by atoms with van der Waals surface area (Å²) in [5, 5.41) is 10.9. The topological polar surface area (TPSA) is 79.3 Å². The molecule has 1 amide bonds. The van der Waals surface area contributed by atoms with Crippen molar-refractivity contribution in [2.45, 2.75) is 68.7 Å². The molecule has 0 unspecified atom stereocenters. The third-order valence-corrected chi connectivity index (χ3v) is 9.34. The fourth-order valence-corrected chi connectivity index (χ4v) is 7.91. The Labute approximate surface area is 229 Å². The summed E-state index contributed by atoms with van der Waals surface area (Å²) >= 11 is 0. The van der Waals surface area contributed by atoms with E-state index in [1.54, 1.807) is 18.0 Å². The minimum absolute atomic E-state index is 0.0645. The first kappa shape index (κ1) is 25.5. The summed E-state index contributed by atoms with van der Waals surface area (Å²) in [4.78, 5) is 30.1. The summed E-state index contributed by atoms with van der Waals surface area (Å²) in [7, 11) is 1.77. The number of likely N-dealkylation sites (N-methyl/N-ethyl adjacent to an activating group) is 1. The number of rotatable bonds is 4. The highest BCUT2D eigenvalue weighted by Crippen LogP contribution is 2.67. The molecule has 2 aromatic rings. The van der Waals surface area contributed by atoms with Crippen LogP contribution in [0.15, 0.2) is 49.1 Å². The molecule has 2 heterocycles. The van der Waals surface area contributed by atoms with E-state index in [0.29, 0.717) is 38.0 Å². The second-order valence-corrected chi connectivity index (χ2v) is 11.3. The second kappa shape index (κ2) is 9.17. The van der Waals surface area contributed by atoms with E-state index in [9.17, 15) is 14.7 Å². The Bertz CT molecular complexity index is 1440. The monoisotopic (exact) mass is 526 g/mol. The molecule has 2 aliphatic heterocycles. The van der Waals surface area contributed by atoms with Gasteiger partial charge in [-0.25, -0.2) is 0 Å². The first-order chi connectivity index (χ1) is 18.7. The number of hydrogen-bond acceptors (Lipinski definition) is 6. The molecule has 1 N–H and O–H groups in total. The maximum absolute atomic E-state index is 13.4. The van der Waals surface area contributed by atoms with Crippen LogP contribution in [0, 0.1) is 18.8 Å². The molecule has 4 aliphatic rings. The molecule has 0 radical (unpaired) electrons. The van der Waals surface area contributed by atoms with E-state index < -0.39 is 17.1 Å². The van der Waals surface area contributed by atoms with Crippen molar-refractivity contribution in [3.8, 4) is 23.3 Å². The van der Waals surface area contributed by atoms with Gasteiger partial charge >= 0.3 is 5.97 Å². The van der Waals surface area contributed by atoms with Crippen molar-refractivity contribution in [1.29, 1.82) is 0 Å². The summed E-state index contributed by atoms with van der Waals surface area (Å²) in [6, 6.07) is 11.0. The van der Waals surface area contributed by atoms with Gasteiger partial charge in [0.2, 0.25) is 0 Å². The number of carbonyl (C=O) groups excluding carboxylic acids is 2. The normalized spacial score (nSPS) is 29.8. The van der Waals surface area contributed by atoms with E-state index in [1.807, 2.05) is 43.3 Å². The first-order valence-corrected chi connectivity index (χ1v) is 13.6. The molecule has 2 aliphatic carbocycles. The van der Waals surface area contributed by atoms with Gasteiger partial charge in [-0.1, -0.05) is 30.2 Å². The number of piperidine rings is 1. The third-order valence-electron chi connectivity index (χ3n) is 9.34. The van der Waals surface area contributed by atoms with Crippen molar-refractivity contribution in [2.75, 3.05) is 20.1 Å².